The molecule has 2 aromatic carbocycles. The molecule has 1 saturated heterocycles. The number of aromatic nitrogens is 2. The van der Waals surface area contributed by atoms with E-state index in [1.807, 2.05) is 35.2 Å². The van der Waals surface area contributed by atoms with Crippen molar-refractivity contribution in [2.24, 2.45) is 0 Å². The van der Waals surface area contributed by atoms with Gasteiger partial charge in [-0.3, -0.25) is 4.79 Å². The summed E-state index contributed by atoms with van der Waals surface area (Å²) in [6, 6.07) is 16.3. The van der Waals surface area contributed by atoms with Gasteiger partial charge in [0.1, 0.15) is 5.82 Å². The molecule has 0 spiro atoms. The SMILES string of the molecule is CC(C)n1c(C2CCCN(C(=O)c3cccc(Br)c3)C2)nc2ccccc21. The standard InChI is InChI=1S/C22H24BrN3O/c1-15(2)26-20-11-4-3-10-19(20)24-21(26)17-8-6-12-25(14-17)22(27)16-7-5-9-18(23)13-16/h3-5,7,9-11,13,15,17H,6,8,12,14H2,1-2H3. The highest BCUT2D eigenvalue weighted by Gasteiger charge is 2.29. The molecule has 5 heteroatoms. The van der Waals surface area contributed by atoms with Crippen molar-refractivity contribution >= 4 is 32.9 Å². The van der Waals surface area contributed by atoms with Gasteiger partial charge in [-0.25, -0.2) is 4.98 Å². The fourth-order valence-corrected chi connectivity index (χ4v) is 4.47. The number of halogens is 1. The van der Waals surface area contributed by atoms with E-state index < -0.39 is 0 Å². The summed E-state index contributed by atoms with van der Waals surface area (Å²) in [5, 5.41) is 0. The number of hydrogen-bond acceptors (Lipinski definition) is 2. The highest BCUT2D eigenvalue weighted by Crippen LogP contribution is 2.32. The lowest BCUT2D eigenvalue weighted by atomic mass is 9.96. The summed E-state index contributed by atoms with van der Waals surface area (Å²) < 4.78 is 3.27. The maximum absolute atomic E-state index is 13.0. The van der Waals surface area contributed by atoms with Crippen molar-refractivity contribution in [2.45, 2.75) is 38.6 Å². The van der Waals surface area contributed by atoms with Gasteiger partial charge in [-0.05, 0) is 57.0 Å². The number of amides is 1. The van der Waals surface area contributed by atoms with E-state index in [-0.39, 0.29) is 11.8 Å². The molecule has 140 valence electrons. The van der Waals surface area contributed by atoms with Crippen LogP contribution in [-0.4, -0.2) is 33.4 Å². The molecule has 2 heterocycles. The minimum atomic E-state index is 0.105. The predicted octanol–water partition coefficient (Wildman–Crippen LogP) is 5.40. The normalized spacial score (nSPS) is 17.6. The van der Waals surface area contributed by atoms with Crippen molar-refractivity contribution in [1.29, 1.82) is 0 Å². The van der Waals surface area contributed by atoms with Crippen molar-refractivity contribution in [2.75, 3.05) is 13.1 Å². The fraction of sp³-hybridized carbons (Fsp3) is 0.364. The van der Waals surface area contributed by atoms with Gasteiger partial charge in [0.25, 0.3) is 5.91 Å². The summed E-state index contributed by atoms with van der Waals surface area (Å²) in [5.74, 6) is 1.48. The summed E-state index contributed by atoms with van der Waals surface area (Å²) in [5.41, 5.74) is 2.96. The number of likely N-dealkylation sites (tertiary alicyclic amines) is 1. The lowest BCUT2D eigenvalue weighted by Gasteiger charge is -2.33. The molecule has 1 atom stereocenters. The number of piperidine rings is 1. The number of para-hydroxylation sites is 2. The molecule has 0 aliphatic carbocycles. The van der Waals surface area contributed by atoms with Crippen LogP contribution in [0.2, 0.25) is 0 Å². The molecule has 1 aromatic heterocycles. The molecular formula is C22H24BrN3O. The smallest absolute Gasteiger partial charge is 0.253 e. The zero-order valence-electron chi connectivity index (χ0n) is 15.7. The Hall–Kier alpha value is -2.14. The van der Waals surface area contributed by atoms with Crippen LogP contribution in [0.1, 0.15) is 54.8 Å². The fourth-order valence-electron chi connectivity index (χ4n) is 4.07. The molecule has 0 radical (unpaired) electrons. The lowest BCUT2D eigenvalue weighted by Crippen LogP contribution is -2.39. The van der Waals surface area contributed by atoms with Crippen LogP contribution < -0.4 is 0 Å². The summed E-state index contributed by atoms with van der Waals surface area (Å²) in [6.45, 7) is 5.93. The van der Waals surface area contributed by atoms with Gasteiger partial charge in [0.05, 0.1) is 11.0 Å². The minimum absolute atomic E-state index is 0.105. The van der Waals surface area contributed by atoms with E-state index >= 15 is 0 Å². The monoisotopic (exact) mass is 425 g/mol. The average molecular weight is 426 g/mol. The van der Waals surface area contributed by atoms with Crippen molar-refractivity contribution in [3.63, 3.8) is 0 Å². The number of rotatable bonds is 3. The third-order valence-corrected chi connectivity index (χ3v) is 5.78. The third-order valence-electron chi connectivity index (χ3n) is 5.28. The first-order valence-electron chi connectivity index (χ1n) is 9.56. The number of imidazole rings is 1. The van der Waals surface area contributed by atoms with Crippen LogP contribution in [0.15, 0.2) is 53.0 Å². The molecule has 1 amide bonds. The first-order chi connectivity index (χ1) is 13.0. The second kappa shape index (κ2) is 7.47. The van der Waals surface area contributed by atoms with Crippen molar-refractivity contribution in [3.8, 4) is 0 Å². The van der Waals surface area contributed by atoms with Gasteiger partial charge < -0.3 is 9.47 Å². The van der Waals surface area contributed by atoms with Crippen molar-refractivity contribution in [3.05, 3.63) is 64.4 Å². The number of carbonyl (C=O) groups excluding carboxylic acids is 1. The highest BCUT2D eigenvalue weighted by atomic mass is 79.9. The number of benzene rings is 2. The van der Waals surface area contributed by atoms with E-state index in [0.717, 1.165) is 47.3 Å². The molecule has 1 aliphatic rings. The van der Waals surface area contributed by atoms with Crippen LogP contribution in [0.4, 0.5) is 0 Å². The number of fused-ring (bicyclic) bond motifs is 1. The van der Waals surface area contributed by atoms with Crippen LogP contribution in [0.3, 0.4) is 0 Å². The first kappa shape index (κ1) is 18.2. The molecule has 0 bridgehead atoms. The number of carbonyl (C=O) groups is 1. The van der Waals surface area contributed by atoms with Crippen LogP contribution in [0.25, 0.3) is 11.0 Å². The summed E-state index contributed by atoms with van der Waals surface area (Å²) >= 11 is 3.46. The van der Waals surface area contributed by atoms with Crippen molar-refractivity contribution < 1.29 is 4.79 Å². The van der Waals surface area contributed by atoms with E-state index in [2.05, 4.69) is 52.5 Å². The summed E-state index contributed by atoms with van der Waals surface area (Å²) in [7, 11) is 0. The summed E-state index contributed by atoms with van der Waals surface area (Å²) in [4.78, 5) is 19.9. The van der Waals surface area contributed by atoms with Gasteiger partial charge in [0, 0.05) is 35.1 Å². The predicted molar refractivity (Wildman–Crippen MR) is 112 cm³/mol. The van der Waals surface area contributed by atoms with E-state index in [9.17, 15) is 4.79 Å². The van der Waals surface area contributed by atoms with Crippen LogP contribution in [0, 0.1) is 0 Å². The van der Waals surface area contributed by atoms with Gasteiger partial charge in [0.2, 0.25) is 0 Å². The lowest BCUT2D eigenvalue weighted by molar-refractivity contribution is 0.0703. The Morgan fingerprint density at radius 2 is 2.00 bits per heavy atom. The Bertz CT molecular complexity index is 979. The topological polar surface area (TPSA) is 38.1 Å². The van der Waals surface area contributed by atoms with Crippen LogP contribution in [-0.2, 0) is 0 Å². The molecule has 4 nitrogen and oxygen atoms in total. The number of hydrogen-bond donors (Lipinski definition) is 0. The Morgan fingerprint density at radius 1 is 1.19 bits per heavy atom. The average Bonchev–Trinajstić information content (AvgIpc) is 3.07. The highest BCUT2D eigenvalue weighted by molar-refractivity contribution is 9.10. The van der Waals surface area contributed by atoms with Crippen molar-refractivity contribution in [1.82, 2.24) is 14.5 Å². The second-order valence-electron chi connectivity index (χ2n) is 7.52. The van der Waals surface area contributed by atoms with Crippen LogP contribution in [0.5, 0.6) is 0 Å². The summed E-state index contributed by atoms with van der Waals surface area (Å²) in [6.07, 6.45) is 2.07. The Morgan fingerprint density at radius 3 is 2.78 bits per heavy atom. The van der Waals surface area contributed by atoms with E-state index in [1.165, 1.54) is 5.52 Å². The largest absolute Gasteiger partial charge is 0.338 e. The molecule has 0 N–H and O–H groups in total. The third kappa shape index (κ3) is 3.53. The zero-order chi connectivity index (χ0) is 19.0. The molecular weight excluding hydrogens is 402 g/mol. The molecule has 0 saturated carbocycles. The quantitative estimate of drug-likeness (QED) is 0.563. The molecule has 1 aliphatic heterocycles. The van der Waals surface area contributed by atoms with Crippen LogP contribution >= 0.6 is 15.9 Å². The molecule has 1 unspecified atom stereocenters. The second-order valence-corrected chi connectivity index (χ2v) is 8.44. The molecule has 1 fully saturated rings. The maximum atomic E-state index is 13.0. The van der Waals surface area contributed by atoms with Gasteiger partial charge in [-0.1, -0.05) is 34.1 Å². The maximum Gasteiger partial charge on any atom is 0.253 e. The first-order valence-corrected chi connectivity index (χ1v) is 10.4. The van der Waals surface area contributed by atoms with E-state index in [4.69, 9.17) is 4.98 Å². The van der Waals surface area contributed by atoms with Gasteiger partial charge in [-0.15, -0.1) is 0 Å². The molecule has 3 aromatic rings. The van der Waals surface area contributed by atoms with E-state index in [1.54, 1.807) is 0 Å². The minimum Gasteiger partial charge on any atom is -0.338 e. The Labute approximate surface area is 168 Å². The number of nitrogens with zero attached hydrogens (tertiary/aromatic N) is 3. The van der Waals surface area contributed by atoms with Gasteiger partial charge in [0.15, 0.2) is 0 Å². The van der Waals surface area contributed by atoms with E-state index in [0.29, 0.717) is 6.04 Å². The Kier molecular flexibility index (Phi) is 5.04. The molecule has 27 heavy (non-hydrogen) atoms. The Balaban J connectivity index is 1.65. The zero-order valence-corrected chi connectivity index (χ0v) is 17.3. The van der Waals surface area contributed by atoms with Gasteiger partial charge in [-0.2, -0.15) is 0 Å². The van der Waals surface area contributed by atoms with Gasteiger partial charge >= 0.3 is 0 Å². The molecule has 4 rings (SSSR count).